The summed E-state index contributed by atoms with van der Waals surface area (Å²) in [5.74, 6) is 0.963. The first-order valence-electron chi connectivity index (χ1n) is 4.24. The first-order chi connectivity index (χ1) is 6.09. The molecule has 0 spiro atoms. The topological polar surface area (TPSA) is 43.1 Å². The van der Waals surface area contributed by atoms with Crippen molar-refractivity contribution < 1.29 is 0 Å². The van der Waals surface area contributed by atoms with E-state index in [1.54, 1.807) is 12.4 Å². The van der Waals surface area contributed by atoms with Gasteiger partial charge in [0.25, 0.3) is 0 Å². The zero-order valence-electron chi connectivity index (χ0n) is 8.02. The number of hydrogen-bond donors (Lipinski definition) is 0. The molecule has 13 heavy (non-hydrogen) atoms. The second kappa shape index (κ2) is 2.52. The van der Waals surface area contributed by atoms with Crippen LogP contribution in [-0.2, 0) is 5.41 Å². The third-order valence-electron chi connectivity index (χ3n) is 1.88. The van der Waals surface area contributed by atoms with Gasteiger partial charge in [-0.15, -0.1) is 10.2 Å². The van der Waals surface area contributed by atoms with Crippen LogP contribution in [0.5, 0.6) is 0 Å². The van der Waals surface area contributed by atoms with E-state index in [0.717, 1.165) is 11.5 Å². The van der Waals surface area contributed by atoms with E-state index < -0.39 is 0 Å². The van der Waals surface area contributed by atoms with Crippen LogP contribution in [-0.4, -0.2) is 19.6 Å². The quantitative estimate of drug-likeness (QED) is 0.609. The second-order valence-corrected chi connectivity index (χ2v) is 4.08. The highest BCUT2D eigenvalue weighted by Gasteiger charge is 2.20. The summed E-state index contributed by atoms with van der Waals surface area (Å²) in [6, 6.07) is 0. The van der Waals surface area contributed by atoms with Crippen molar-refractivity contribution in [2.24, 2.45) is 0 Å². The Kier molecular flexibility index (Phi) is 1.58. The largest absolute Gasteiger partial charge is 0.283 e. The van der Waals surface area contributed by atoms with Gasteiger partial charge in [0.1, 0.15) is 5.82 Å². The summed E-state index contributed by atoms with van der Waals surface area (Å²) in [6.45, 7) is 6.34. The SMILES string of the molecule is CC(C)(C)c1nnc2cnccn12. The lowest BCUT2D eigenvalue weighted by atomic mass is 9.96. The van der Waals surface area contributed by atoms with Gasteiger partial charge in [-0.2, -0.15) is 0 Å². The van der Waals surface area contributed by atoms with Gasteiger partial charge in [0.15, 0.2) is 5.65 Å². The minimum absolute atomic E-state index is 0.0147. The molecule has 0 saturated carbocycles. The Bertz CT molecular complexity index is 424. The molecule has 0 aliphatic heterocycles. The first-order valence-corrected chi connectivity index (χ1v) is 4.24. The van der Waals surface area contributed by atoms with Crippen LogP contribution < -0.4 is 0 Å². The standard InChI is InChI=1S/C9H12N4/c1-9(2,3)8-12-11-7-6-10-4-5-13(7)8/h4-6H,1-3H3. The van der Waals surface area contributed by atoms with Crippen LogP contribution in [0.1, 0.15) is 26.6 Å². The normalized spacial score (nSPS) is 12.2. The molecule has 0 atom stereocenters. The smallest absolute Gasteiger partial charge is 0.179 e. The minimum atomic E-state index is 0.0147. The molecule has 0 unspecified atom stereocenters. The summed E-state index contributed by atoms with van der Waals surface area (Å²) < 4.78 is 1.97. The molecule has 4 heteroatoms. The van der Waals surface area contributed by atoms with Crippen molar-refractivity contribution in [2.75, 3.05) is 0 Å². The van der Waals surface area contributed by atoms with Crippen molar-refractivity contribution >= 4 is 5.65 Å². The van der Waals surface area contributed by atoms with Crippen LogP contribution in [0, 0.1) is 0 Å². The van der Waals surface area contributed by atoms with E-state index >= 15 is 0 Å². The van der Waals surface area contributed by atoms with Gasteiger partial charge in [0, 0.05) is 17.8 Å². The number of fused-ring (bicyclic) bond motifs is 1. The summed E-state index contributed by atoms with van der Waals surface area (Å²) in [6.07, 6.45) is 5.34. The molecule has 0 bridgehead atoms. The Morgan fingerprint density at radius 3 is 2.69 bits per heavy atom. The maximum absolute atomic E-state index is 4.14. The summed E-state index contributed by atoms with van der Waals surface area (Å²) in [4.78, 5) is 3.98. The Labute approximate surface area is 76.6 Å². The maximum atomic E-state index is 4.14. The van der Waals surface area contributed by atoms with E-state index in [2.05, 4.69) is 36.0 Å². The number of nitrogens with zero attached hydrogens (tertiary/aromatic N) is 4. The highest BCUT2D eigenvalue weighted by Crippen LogP contribution is 2.19. The van der Waals surface area contributed by atoms with Gasteiger partial charge >= 0.3 is 0 Å². The molecule has 0 N–H and O–H groups in total. The van der Waals surface area contributed by atoms with E-state index in [4.69, 9.17) is 0 Å². The summed E-state index contributed by atoms with van der Waals surface area (Å²) >= 11 is 0. The van der Waals surface area contributed by atoms with E-state index in [9.17, 15) is 0 Å². The molecule has 2 aromatic heterocycles. The third kappa shape index (κ3) is 1.28. The highest BCUT2D eigenvalue weighted by molar-refractivity contribution is 5.34. The van der Waals surface area contributed by atoms with Crippen molar-refractivity contribution in [3.05, 3.63) is 24.4 Å². The average Bonchev–Trinajstić information content (AvgIpc) is 2.45. The molecule has 0 amide bonds. The lowest BCUT2D eigenvalue weighted by molar-refractivity contribution is 0.538. The molecule has 0 radical (unpaired) electrons. The number of rotatable bonds is 0. The summed E-state index contributed by atoms with van der Waals surface area (Å²) in [7, 11) is 0. The van der Waals surface area contributed by atoms with E-state index in [0.29, 0.717) is 0 Å². The first kappa shape index (κ1) is 8.16. The van der Waals surface area contributed by atoms with Crippen LogP contribution in [0.4, 0.5) is 0 Å². The van der Waals surface area contributed by atoms with Crippen LogP contribution in [0.2, 0.25) is 0 Å². The van der Waals surface area contributed by atoms with Crippen molar-refractivity contribution in [1.82, 2.24) is 19.6 Å². The van der Waals surface area contributed by atoms with Gasteiger partial charge in [0.05, 0.1) is 6.20 Å². The predicted molar refractivity (Wildman–Crippen MR) is 49.5 cm³/mol. The second-order valence-electron chi connectivity index (χ2n) is 4.08. The van der Waals surface area contributed by atoms with Crippen molar-refractivity contribution in [1.29, 1.82) is 0 Å². The zero-order valence-corrected chi connectivity index (χ0v) is 8.02. The van der Waals surface area contributed by atoms with Crippen molar-refractivity contribution in [3.8, 4) is 0 Å². The maximum Gasteiger partial charge on any atom is 0.179 e. The molecule has 2 rings (SSSR count). The van der Waals surface area contributed by atoms with E-state index in [-0.39, 0.29) is 5.41 Å². The van der Waals surface area contributed by atoms with Gasteiger partial charge in [-0.1, -0.05) is 20.8 Å². The Morgan fingerprint density at radius 2 is 2.00 bits per heavy atom. The van der Waals surface area contributed by atoms with Gasteiger partial charge in [-0.05, 0) is 0 Å². The molecule has 2 aromatic rings. The lowest BCUT2D eigenvalue weighted by Crippen LogP contribution is -2.15. The number of hydrogen-bond acceptors (Lipinski definition) is 3. The van der Waals surface area contributed by atoms with Gasteiger partial charge in [-0.3, -0.25) is 9.38 Å². The number of aromatic nitrogens is 4. The summed E-state index contributed by atoms with van der Waals surface area (Å²) in [5.41, 5.74) is 0.813. The monoisotopic (exact) mass is 176 g/mol. The lowest BCUT2D eigenvalue weighted by Gasteiger charge is -2.14. The molecule has 0 aliphatic carbocycles. The van der Waals surface area contributed by atoms with Crippen LogP contribution >= 0.6 is 0 Å². The Hall–Kier alpha value is -1.45. The van der Waals surface area contributed by atoms with Crippen LogP contribution in [0.3, 0.4) is 0 Å². The van der Waals surface area contributed by atoms with Crippen LogP contribution in [0.15, 0.2) is 18.6 Å². The highest BCUT2D eigenvalue weighted by atomic mass is 15.3. The molecule has 0 aliphatic rings. The average molecular weight is 176 g/mol. The van der Waals surface area contributed by atoms with Crippen LogP contribution in [0.25, 0.3) is 5.65 Å². The molecule has 4 nitrogen and oxygen atoms in total. The van der Waals surface area contributed by atoms with Gasteiger partial charge < -0.3 is 0 Å². The fourth-order valence-corrected chi connectivity index (χ4v) is 1.26. The molecular formula is C9H12N4. The molecule has 0 aromatic carbocycles. The Morgan fingerprint density at radius 1 is 1.23 bits per heavy atom. The fraction of sp³-hybridized carbons (Fsp3) is 0.444. The molecule has 0 saturated heterocycles. The van der Waals surface area contributed by atoms with E-state index in [1.165, 1.54) is 0 Å². The van der Waals surface area contributed by atoms with Gasteiger partial charge in [-0.25, -0.2) is 0 Å². The molecule has 0 fully saturated rings. The minimum Gasteiger partial charge on any atom is -0.283 e. The van der Waals surface area contributed by atoms with Crippen molar-refractivity contribution in [3.63, 3.8) is 0 Å². The third-order valence-corrected chi connectivity index (χ3v) is 1.88. The predicted octanol–water partition coefficient (Wildman–Crippen LogP) is 1.42. The molecule has 68 valence electrons. The molecule has 2 heterocycles. The summed E-state index contributed by atoms with van der Waals surface area (Å²) in [5, 5.41) is 8.18. The van der Waals surface area contributed by atoms with E-state index in [1.807, 2.05) is 10.6 Å². The van der Waals surface area contributed by atoms with Gasteiger partial charge in [0.2, 0.25) is 0 Å². The molecular weight excluding hydrogens is 164 g/mol. The fourth-order valence-electron chi connectivity index (χ4n) is 1.26. The Balaban J connectivity index is 2.72. The van der Waals surface area contributed by atoms with Crippen molar-refractivity contribution in [2.45, 2.75) is 26.2 Å². The zero-order chi connectivity index (χ0) is 9.47.